The minimum absolute atomic E-state index is 0.0578. The topological polar surface area (TPSA) is 33.4 Å². The highest BCUT2D eigenvalue weighted by Crippen LogP contribution is 2.49. The fourth-order valence-electron chi connectivity index (χ4n) is 4.78. The molecule has 1 saturated heterocycles. The van der Waals surface area contributed by atoms with Crippen molar-refractivity contribution in [2.45, 2.75) is 45.3 Å². The molecule has 2 aliphatic heterocycles. The van der Waals surface area contributed by atoms with Crippen molar-refractivity contribution in [2.24, 2.45) is 4.99 Å². The van der Waals surface area contributed by atoms with Gasteiger partial charge in [-0.2, -0.15) is 0 Å². The minimum atomic E-state index is -0.210. The lowest BCUT2D eigenvalue weighted by Crippen LogP contribution is -2.35. The lowest BCUT2D eigenvalue weighted by Gasteiger charge is -2.32. The van der Waals surface area contributed by atoms with E-state index in [1.807, 2.05) is 53.7 Å². The van der Waals surface area contributed by atoms with Crippen LogP contribution in [0.1, 0.15) is 48.1 Å². The van der Waals surface area contributed by atoms with Crippen molar-refractivity contribution >= 4 is 16.9 Å². The van der Waals surface area contributed by atoms with Gasteiger partial charge in [0.2, 0.25) is 0 Å². The first-order chi connectivity index (χ1) is 14.6. The second kappa shape index (κ2) is 7.58. The number of rotatable bonds is 4. The molecule has 4 heterocycles. The molecule has 154 valence electrons. The Morgan fingerprint density at radius 1 is 1.13 bits per heavy atom. The van der Waals surface area contributed by atoms with Crippen LogP contribution in [0.2, 0.25) is 0 Å². The largest absolute Gasteiger partial charge is 0.338 e. The van der Waals surface area contributed by atoms with Crippen LogP contribution in [-0.2, 0) is 0 Å². The number of aromatic nitrogens is 2. The van der Waals surface area contributed by atoms with Gasteiger partial charge >= 0.3 is 0 Å². The first kappa shape index (κ1) is 19.4. The zero-order valence-electron chi connectivity index (χ0n) is 17.4. The molecule has 0 amide bonds. The van der Waals surface area contributed by atoms with Crippen LogP contribution in [0.4, 0.5) is 4.39 Å². The third-order valence-electron chi connectivity index (χ3n) is 6.21. The number of aliphatic imine (C=N–C) groups is 1. The molecule has 0 aliphatic carbocycles. The standard InChI is InChI=1S/C24H25FN4S/c1-4-17-14-30-24-27-22(20-10-7-8-12-26-20)23(29(17)24)18-13-15(2)28(16(18)3)21-11-6-5-9-19(21)25/h5-13,17,22-23H,4,14H2,1-3H3/t17-,22-,23-/m1/s1. The molecule has 0 saturated carbocycles. The van der Waals surface area contributed by atoms with Crippen LogP contribution in [-0.4, -0.2) is 31.4 Å². The second-order valence-electron chi connectivity index (χ2n) is 7.95. The lowest BCUT2D eigenvalue weighted by atomic mass is 9.95. The number of aryl methyl sites for hydroxylation is 1. The number of hydrogen-bond donors (Lipinski definition) is 0. The number of para-hydroxylation sites is 1. The van der Waals surface area contributed by atoms with Gasteiger partial charge in [0.05, 0.1) is 17.4 Å². The van der Waals surface area contributed by atoms with Crippen LogP contribution in [0.5, 0.6) is 0 Å². The van der Waals surface area contributed by atoms with Gasteiger partial charge in [-0.3, -0.25) is 9.98 Å². The van der Waals surface area contributed by atoms with Gasteiger partial charge < -0.3 is 9.47 Å². The van der Waals surface area contributed by atoms with Gasteiger partial charge in [0, 0.05) is 29.4 Å². The molecule has 5 rings (SSSR count). The summed E-state index contributed by atoms with van der Waals surface area (Å²) in [5, 5.41) is 1.11. The number of benzene rings is 1. The van der Waals surface area contributed by atoms with E-state index in [4.69, 9.17) is 4.99 Å². The van der Waals surface area contributed by atoms with Gasteiger partial charge in [0.1, 0.15) is 11.9 Å². The molecule has 6 heteroatoms. The summed E-state index contributed by atoms with van der Waals surface area (Å²) in [6, 6.07) is 15.7. The van der Waals surface area contributed by atoms with E-state index in [0.717, 1.165) is 34.4 Å². The van der Waals surface area contributed by atoms with Crippen molar-refractivity contribution in [1.29, 1.82) is 0 Å². The first-order valence-corrected chi connectivity index (χ1v) is 11.4. The molecule has 3 aromatic rings. The molecule has 4 nitrogen and oxygen atoms in total. The highest BCUT2D eigenvalue weighted by molar-refractivity contribution is 8.14. The molecule has 2 aliphatic rings. The van der Waals surface area contributed by atoms with E-state index in [9.17, 15) is 4.39 Å². The average Bonchev–Trinajstić information content (AvgIpc) is 3.41. The maximum absolute atomic E-state index is 14.6. The zero-order valence-corrected chi connectivity index (χ0v) is 18.2. The Morgan fingerprint density at radius 3 is 2.67 bits per heavy atom. The summed E-state index contributed by atoms with van der Waals surface area (Å²) in [6.45, 7) is 6.37. The van der Waals surface area contributed by atoms with Crippen molar-refractivity contribution in [3.63, 3.8) is 0 Å². The summed E-state index contributed by atoms with van der Waals surface area (Å²) < 4.78 is 16.7. The SMILES string of the molecule is CC[C@@H]1CSC2=N[C@H](c3ccccn3)[C@@H](c3cc(C)n(-c4ccccc4F)c3C)N21. The quantitative estimate of drug-likeness (QED) is 0.550. The Balaban J connectivity index is 1.66. The average molecular weight is 421 g/mol. The minimum Gasteiger partial charge on any atom is -0.338 e. The molecule has 0 unspecified atom stereocenters. The van der Waals surface area contributed by atoms with E-state index in [1.165, 1.54) is 11.6 Å². The normalized spacial score (nSPS) is 23.0. The highest BCUT2D eigenvalue weighted by atomic mass is 32.2. The van der Waals surface area contributed by atoms with E-state index in [0.29, 0.717) is 11.7 Å². The number of nitrogens with zero attached hydrogens (tertiary/aromatic N) is 4. The van der Waals surface area contributed by atoms with Crippen LogP contribution in [0.15, 0.2) is 59.7 Å². The summed E-state index contributed by atoms with van der Waals surface area (Å²) >= 11 is 1.84. The number of fused-ring (bicyclic) bond motifs is 1. The summed E-state index contributed by atoms with van der Waals surface area (Å²) in [5.41, 5.74) is 4.87. The maximum Gasteiger partial charge on any atom is 0.160 e. The molecule has 1 fully saturated rings. The summed E-state index contributed by atoms with van der Waals surface area (Å²) in [7, 11) is 0. The third-order valence-corrected chi connectivity index (χ3v) is 7.34. The van der Waals surface area contributed by atoms with Crippen molar-refractivity contribution < 1.29 is 4.39 Å². The Morgan fingerprint density at radius 2 is 1.93 bits per heavy atom. The van der Waals surface area contributed by atoms with E-state index >= 15 is 0 Å². The number of hydrogen-bond acceptors (Lipinski definition) is 4. The van der Waals surface area contributed by atoms with E-state index in [1.54, 1.807) is 6.07 Å². The molecule has 0 spiro atoms. The predicted molar refractivity (Wildman–Crippen MR) is 121 cm³/mol. The van der Waals surface area contributed by atoms with E-state index in [2.05, 4.69) is 35.9 Å². The Bertz CT molecular complexity index is 1110. The number of thioether (sulfide) groups is 1. The summed E-state index contributed by atoms with van der Waals surface area (Å²) in [5.74, 6) is 0.853. The van der Waals surface area contributed by atoms with Crippen LogP contribution < -0.4 is 0 Å². The van der Waals surface area contributed by atoms with Gasteiger partial charge in [-0.1, -0.05) is 36.9 Å². The molecule has 0 bridgehead atoms. The molecular weight excluding hydrogens is 395 g/mol. The van der Waals surface area contributed by atoms with E-state index in [-0.39, 0.29) is 17.9 Å². The fraction of sp³-hybridized carbons (Fsp3) is 0.333. The van der Waals surface area contributed by atoms with Gasteiger partial charge in [-0.15, -0.1) is 0 Å². The van der Waals surface area contributed by atoms with Crippen molar-refractivity contribution in [1.82, 2.24) is 14.5 Å². The predicted octanol–water partition coefficient (Wildman–Crippen LogP) is 5.61. The molecule has 2 aromatic heterocycles. The molecule has 1 aromatic carbocycles. The second-order valence-corrected chi connectivity index (χ2v) is 8.94. The Labute approximate surface area is 180 Å². The monoisotopic (exact) mass is 420 g/mol. The van der Waals surface area contributed by atoms with Gasteiger partial charge in [0.15, 0.2) is 5.17 Å². The molecule has 0 N–H and O–H groups in total. The highest BCUT2D eigenvalue weighted by Gasteiger charge is 2.46. The van der Waals surface area contributed by atoms with Gasteiger partial charge in [-0.25, -0.2) is 4.39 Å². The van der Waals surface area contributed by atoms with Crippen LogP contribution in [0.25, 0.3) is 5.69 Å². The van der Waals surface area contributed by atoms with E-state index < -0.39 is 0 Å². The number of amidine groups is 1. The maximum atomic E-state index is 14.6. The van der Waals surface area contributed by atoms with Crippen molar-refractivity contribution in [3.05, 3.63) is 83.2 Å². The van der Waals surface area contributed by atoms with Gasteiger partial charge in [-0.05, 0) is 56.2 Å². The summed E-state index contributed by atoms with van der Waals surface area (Å²) in [4.78, 5) is 12.2. The van der Waals surface area contributed by atoms with Gasteiger partial charge in [0.25, 0.3) is 0 Å². The Hall–Kier alpha value is -2.60. The molecular formula is C24H25FN4S. The zero-order chi connectivity index (χ0) is 20.8. The van der Waals surface area contributed by atoms with Crippen molar-refractivity contribution in [2.75, 3.05) is 5.75 Å². The van der Waals surface area contributed by atoms with Crippen LogP contribution in [0, 0.1) is 19.7 Å². The summed E-state index contributed by atoms with van der Waals surface area (Å²) in [6.07, 6.45) is 2.91. The first-order valence-electron chi connectivity index (χ1n) is 10.4. The van der Waals surface area contributed by atoms with Crippen molar-refractivity contribution in [3.8, 4) is 5.69 Å². The fourth-order valence-corrected chi connectivity index (χ4v) is 6.12. The lowest BCUT2D eigenvalue weighted by molar-refractivity contribution is 0.254. The number of halogens is 1. The van der Waals surface area contributed by atoms with Crippen LogP contribution >= 0.6 is 11.8 Å². The molecule has 0 radical (unpaired) electrons. The third kappa shape index (κ3) is 2.97. The smallest absolute Gasteiger partial charge is 0.160 e. The number of pyridine rings is 1. The Kier molecular flexibility index (Phi) is 4.89. The van der Waals surface area contributed by atoms with Crippen LogP contribution in [0.3, 0.4) is 0 Å². The molecule has 3 atom stereocenters. The molecule has 30 heavy (non-hydrogen) atoms.